The van der Waals surface area contributed by atoms with Gasteiger partial charge in [0.05, 0.1) is 4.90 Å². The number of halogens is 1. The van der Waals surface area contributed by atoms with Gasteiger partial charge >= 0.3 is 0 Å². The van der Waals surface area contributed by atoms with Gasteiger partial charge in [-0.1, -0.05) is 18.5 Å². The van der Waals surface area contributed by atoms with Gasteiger partial charge < -0.3 is 5.32 Å². The highest BCUT2D eigenvalue weighted by Gasteiger charge is 2.32. The van der Waals surface area contributed by atoms with Gasteiger partial charge in [0.2, 0.25) is 10.0 Å². The van der Waals surface area contributed by atoms with Gasteiger partial charge in [0, 0.05) is 24.7 Å². The lowest BCUT2D eigenvalue weighted by atomic mass is 10.1. The van der Waals surface area contributed by atoms with Crippen LogP contribution in [0.5, 0.6) is 0 Å². The number of nitrogens with one attached hydrogen (secondary N) is 1. The lowest BCUT2D eigenvalue weighted by Gasteiger charge is -2.19. The summed E-state index contributed by atoms with van der Waals surface area (Å²) in [5.74, 6) is 0.418. The van der Waals surface area contributed by atoms with E-state index >= 15 is 0 Å². The van der Waals surface area contributed by atoms with Crippen molar-refractivity contribution in [1.82, 2.24) is 9.62 Å². The molecule has 1 aromatic rings. The highest BCUT2D eigenvalue weighted by Crippen LogP contribution is 2.30. The lowest BCUT2D eigenvalue weighted by Crippen LogP contribution is -2.29. The van der Waals surface area contributed by atoms with Crippen LogP contribution in [-0.4, -0.2) is 32.9 Å². The van der Waals surface area contributed by atoms with Crippen molar-refractivity contribution in [3.8, 4) is 0 Å². The van der Waals surface area contributed by atoms with Gasteiger partial charge in [0.15, 0.2) is 0 Å². The quantitative estimate of drug-likeness (QED) is 0.928. The molecule has 112 valence electrons. The van der Waals surface area contributed by atoms with E-state index in [1.165, 1.54) is 0 Å². The number of hydrogen-bond acceptors (Lipinski definition) is 3. The molecule has 1 unspecified atom stereocenters. The van der Waals surface area contributed by atoms with Gasteiger partial charge in [-0.15, -0.1) is 0 Å². The lowest BCUT2D eigenvalue weighted by molar-refractivity contribution is 0.464. The Morgan fingerprint density at radius 3 is 2.70 bits per heavy atom. The molecule has 1 heterocycles. The molecule has 1 aliphatic heterocycles. The van der Waals surface area contributed by atoms with E-state index < -0.39 is 10.0 Å². The molecular weight excluding hydrogens is 296 g/mol. The molecule has 1 aliphatic rings. The summed E-state index contributed by atoms with van der Waals surface area (Å²) in [4.78, 5) is 0.337. The largest absolute Gasteiger partial charge is 0.316 e. The van der Waals surface area contributed by atoms with Crippen LogP contribution in [0.25, 0.3) is 0 Å². The third kappa shape index (κ3) is 3.01. The first-order valence-electron chi connectivity index (χ1n) is 6.80. The molecule has 6 heteroatoms. The van der Waals surface area contributed by atoms with Crippen molar-refractivity contribution in [2.75, 3.05) is 20.1 Å². The third-order valence-corrected chi connectivity index (χ3v) is 6.01. The number of sulfonamides is 1. The van der Waals surface area contributed by atoms with Crippen LogP contribution in [0.15, 0.2) is 17.0 Å². The van der Waals surface area contributed by atoms with Gasteiger partial charge in [-0.25, -0.2) is 8.42 Å². The summed E-state index contributed by atoms with van der Waals surface area (Å²) in [5.41, 5.74) is 1.70. The summed E-state index contributed by atoms with van der Waals surface area (Å²) in [7, 11) is -1.61. The molecule has 1 aromatic carbocycles. The van der Waals surface area contributed by atoms with E-state index in [-0.39, 0.29) is 0 Å². The first kappa shape index (κ1) is 15.8. The SMILES string of the molecule is CNCc1cc(Cl)cc(S(=O)(=O)N2CCC(C)C2)c1C. The fourth-order valence-corrected chi connectivity index (χ4v) is 4.78. The second-order valence-electron chi connectivity index (χ2n) is 5.48. The number of rotatable bonds is 4. The molecule has 20 heavy (non-hydrogen) atoms. The van der Waals surface area contributed by atoms with Crippen molar-refractivity contribution in [2.45, 2.75) is 31.7 Å². The second-order valence-corrected chi connectivity index (χ2v) is 7.82. The van der Waals surface area contributed by atoms with Gasteiger partial charge in [0.25, 0.3) is 0 Å². The maximum absolute atomic E-state index is 12.8. The second kappa shape index (κ2) is 6.02. The number of hydrogen-bond donors (Lipinski definition) is 1. The van der Waals surface area contributed by atoms with Crippen molar-refractivity contribution in [2.24, 2.45) is 5.92 Å². The number of benzene rings is 1. The Balaban J connectivity index is 2.46. The van der Waals surface area contributed by atoms with Gasteiger partial charge in [0.1, 0.15) is 0 Å². The first-order chi connectivity index (χ1) is 9.36. The molecule has 4 nitrogen and oxygen atoms in total. The monoisotopic (exact) mass is 316 g/mol. The average Bonchev–Trinajstić information content (AvgIpc) is 2.81. The molecule has 1 fully saturated rings. The molecule has 0 bridgehead atoms. The summed E-state index contributed by atoms with van der Waals surface area (Å²) < 4.78 is 27.1. The van der Waals surface area contributed by atoms with Gasteiger partial charge in [-0.05, 0) is 49.6 Å². The summed E-state index contributed by atoms with van der Waals surface area (Å²) in [6.07, 6.45) is 0.919. The molecule has 0 aromatic heterocycles. The van der Waals surface area contributed by atoms with Crippen LogP contribution in [0.4, 0.5) is 0 Å². The zero-order chi connectivity index (χ0) is 14.9. The standard InChI is InChI=1S/C14H21ClN2O2S/c1-10-4-5-17(9-10)20(18,19)14-7-13(15)6-12(8-16-3)11(14)2/h6-7,10,16H,4-5,8-9H2,1-3H3. The summed E-state index contributed by atoms with van der Waals surface area (Å²) in [6, 6.07) is 3.38. The van der Waals surface area contributed by atoms with Crippen molar-refractivity contribution in [3.05, 3.63) is 28.3 Å². The molecule has 0 saturated carbocycles. The Hall–Kier alpha value is -0.620. The Morgan fingerprint density at radius 1 is 1.45 bits per heavy atom. The summed E-state index contributed by atoms with van der Waals surface area (Å²) in [6.45, 7) is 5.71. The fourth-order valence-electron chi connectivity index (χ4n) is 2.60. The van der Waals surface area contributed by atoms with Crippen molar-refractivity contribution in [1.29, 1.82) is 0 Å². The number of nitrogens with zero attached hydrogens (tertiary/aromatic N) is 1. The van der Waals surface area contributed by atoms with Crippen molar-refractivity contribution < 1.29 is 8.42 Å². The molecule has 1 atom stereocenters. The van der Waals surface area contributed by atoms with Crippen LogP contribution in [0.3, 0.4) is 0 Å². The van der Waals surface area contributed by atoms with E-state index in [1.54, 1.807) is 10.4 Å². The minimum absolute atomic E-state index is 0.337. The molecular formula is C14H21ClN2O2S. The molecule has 0 aliphatic carbocycles. The van der Waals surface area contributed by atoms with Crippen LogP contribution >= 0.6 is 11.6 Å². The van der Waals surface area contributed by atoms with Gasteiger partial charge in [-0.2, -0.15) is 4.31 Å². The Bertz CT molecular complexity index is 601. The predicted octanol–water partition coefficient (Wildman–Crippen LogP) is 2.40. The normalized spacial score (nSPS) is 20.5. The molecule has 1 N–H and O–H groups in total. The highest BCUT2D eigenvalue weighted by molar-refractivity contribution is 7.89. The van der Waals surface area contributed by atoms with E-state index in [1.807, 2.05) is 20.0 Å². The van der Waals surface area contributed by atoms with Gasteiger partial charge in [-0.3, -0.25) is 0 Å². The van der Waals surface area contributed by atoms with E-state index in [0.717, 1.165) is 17.5 Å². The molecule has 2 rings (SSSR count). The highest BCUT2D eigenvalue weighted by atomic mass is 35.5. The van der Waals surface area contributed by atoms with Crippen LogP contribution in [-0.2, 0) is 16.6 Å². The van der Waals surface area contributed by atoms with Crippen LogP contribution < -0.4 is 5.32 Å². The topological polar surface area (TPSA) is 49.4 Å². The Labute approximate surface area is 126 Å². The van der Waals surface area contributed by atoms with E-state index in [0.29, 0.717) is 35.5 Å². The van der Waals surface area contributed by atoms with Crippen LogP contribution in [0.1, 0.15) is 24.5 Å². The molecule has 0 radical (unpaired) electrons. The van der Waals surface area contributed by atoms with E-state index in [2.05, 4.69) is 12.2 Å². The van der Waals surface area contributed by atoms with Crippen molar-refractivity contribution in [3.63, 3.8) is 0 Å². The average molecular weight is 317 g/mol. The maximum atomic E-state index is 12.8. The smallest absolute Gasteiger partial charge is 0.243 e. The summed E-state index contributed by atoms with van der Waals surface area (Å²) >= 11 is 6.09. The zero-order valence-corrected chi connectivity index (χ0v) is 13.7. The van der Waals surface area contributed by atoms with E-state index in [9.17, 15) is 8.42 Å². The zero-order valence-electron chi connectivity index (χ0n) is 12.1. The fraction of sp³-hybridized carbons (Fsp3) is 0.571. The van der Waals surface area contributed by atoms with Crippen molar-refractivity contribution >= 4 is 21.6 Å². The molecule has 0 spiro atoms. The van der Waals surface area contributed by atoms with Crippen LogP contribution in [0.2, 0.25) is 5.02 Å². The predicted molar refractivity (Wildman–Crippen MR) is 81.5 cm³/mol. The molecule has 1 saturated heterocycles. The Morgan fingerprint density at radius 2 is 2.15 bits per heavy atom. The third-order valence-electron chi connectivity index (χ3n) is 3.80. The van der Waals surface area contributed by atoms with Crippen LogP contribution in [0, 0.1) is 12.8 Å². The Kier molecular flexibility index (Phi) is 4.74. The summed E-state index contributed by atoms with van der Waals surface area (Å²) in [5, 5.41) is 3.50. The minimum atomic E-state index is -3.44. The van der Waals surface area contributed by atoms with E-state index in [4.69, 9.17) is 11.6 Å². The molecule has 0 amide bonds. The minimum Gasteiger partial charge on any atom is -0.316 e. The first-order valence-corrected chi connectivity index (χ1v) is 8.62. The maximum Gasteiger partial charge on any atom is 0.243 e.